The molecule has 0 aliphatic rings. The third kappa shape index (κ3) is 4.16. The van der Waals surface area contributed by atoms with Gasteiger partial charge in [0.25, 0.3) is 0 Å². The molecule has 3 rings (SSSR count). The molecule has 0 aliphatic carbocycles. The van der Waals surface area contributed by atoms with Gasteiger partial charge in [-0.1, -0.05) is 0 Å². The first-order valence-corrected chi connectivity index (χ1v) is 8.41. The highest BCUT2D eigenvalue weighted by molar-refractivity contribution is 5.63. The van der Waals surface area contributed by atoms with Gasteiger partial charge >= 0.3 is 5.56 Å². The van der Waals surface area contributed by atoms with Gasteiger partial charge in [0.1, 0.15) is 17.4 Å². The van der Waals surface area contributed by atoms with E-state index in [9.17, 15) is 18.0 Å². The van der Waals surface area contributed by atoms with Crippen LogP contribution in [0.25, 0.3) is 0 Å². The number of aromatic nitrogens is 2. The van der Waals surface area contributed by atoms with Crippen LogP contribution in [0.15, 0.2) is 41.3 Å². The number of methoxy groups -OCH3 is 1. The fourth-order valence-corrected chi connectivity index (χ4v) is 2.78. The number of nitrogens with zero attached hydrogens (tertiary/aromatic N) is 2. The minimum atomic E-state index is -1.07. The second kappa shape index (κ2) is 7.75. The van der Waals surface area contributed by atoms with Gasteiger partial charge in [0.05, 0.1) is 13.7 Å². The summed E-state index contributed by atoms with van der Waals surface area (Å²) in [6, 6.07) is 6.56. The van der Waals surface area contributed by atoms with E-state index in [1.165, 1.54) is 11.7 Å². The molecule has 0 aliphatic heterocycles. The lowest BCUT2D eigenvalue weighted by Gasteiger charge is -2.17. The molecule has 5 nitrogen and oxygen atoms in total. The van der Waals surface area contributed by atoms with Crippen molar-refractivity contribution in [2.45, 2.75) is 20.4 Å². The molecular weight excluding hydrogens is 371 g/mol. The van der Waals surface area contributed by atoms with E-state index < -0.39 is 23.0 Å². The van der Waals surface area contributed by atoms with Crippen LogP contribution in [-0.4, -0.2) is 16.7 Å². The Hall–Kier alpha value is -3.29. The van der Waals surface area contributed by atoms with Crippen LogP contribution in [0.3, 0.4) is 0 Å². The van der Waals surface area contributed by atoms with Crippen molar-refractivity contribution in [2.75, 3.05) is 12.4 Å². The summed E-state index contributed by atoms with van der Waals surface area (Å²) in [4.78, 5) is 15.5. The van der Waals surface area contributed by atoms with E-state index in [-0.39, 0.29) is 18.1 Å². The molecule has 0 atom stereocenters. The predicted octanol–water partition coefficient (Wildman–Crippen LogP) is 4.08. The molecule has 0 bridgehead atoms. The SMILES string of the molecule is COc1cc(C)c(C)c(Nc2nc(=O)c(F)cn2Cc2cc(F)cc(F)c2)c1. The first kappa shape index (κ1) is 19.5. The number of aryl methyl sites for hydroxylation is 1. The average molecular weight is 389 g/mol. The lowest BCUT2D eigenvalue weighted by atomic mass is 10.1. The largest absolute Gasteiger partial charge is 0.497 e. The highest BCUT2D eigenvalue weighted by atomic mass is 19.1. The van der Waals surface area contributed by atoms with Crippen molar-refractivity contribution < 1.29 is 17.9 Å². The summed E-state index contributed by atoms with van der Waals surface area (Å²) >= 11 is 0. The van der Waals surface area contributed by atoms with Crippen LogP contribution in [0.5, 0.6) is 5.75 Å². The molecule has 0 fully saturated rings. The number of hydrogen-bond acceptors (Lipinski definition) is 4. The van der Waals surface area contributed by atoms with E-state index in [1.807, 2.05) is 19.9 Å². The fraction of sp³-hybridized carbons (Fsp3) is 0.200. The average Bonchev–Trinajstić information content (AvgIpc) is 2.62. The third-order valence-electron chi connectivity index (χ3n) is 4.35. The minimum absolute atomic E-state index is 0.0341. The molecule has 1 aromatic heterocycles. The summed E-state index contributed by atoms with van der Waals surface area (Å²) < 4.78 is 47.3. The van der Waals surface area contributed by atoms with E-state index in [0.717, 1.165) is 35.5 Å². The number of rotatable bonds is 5. The lowest BCUT2D eigenvalue weighted by molar-refractivity contribution is 0.414. The Morgan fingerprint density at radius 2 is 1.75 bits per heavy atom. The number of hydrogen-bond donors (Lipinski definition) is 1. The summed E-state index contributed by atoms with van der Waals surface area (Å²) in [5.41, 5.74) is 1.63. The zero-order valence-electron chi connectivity index (χ0n) is 15.5. The minimum Gasteiger partial charge on any atom is -0.497 e. The number of anilines is 2. The number of halogens is 3. The van der Waals surface area contributed by atoms with Gasteiger partial charge in [-0.25, -0.2) is 8.78 Å². The molecule has 146 valence electrons. The van der Waals surface area contributed by atoms with Crippen molar-refractivity contribution in [3.8, 4) is 5.75 Å². The van der Waals surface area contributed by atoms with Crippen molar-refractivity contribution in [3.05, 3.63) is 81.0 Å². The molecule has 8 heteroatoms. The van der Waals surface area contributed by atoms with Crippen LogP contribution in [-0.2, 0) is 6.54 Å². The first-order chi connectivity index (χ1) is 13.3. The summed E-state index contributed by atoms with van der Waals surface area (Å²) in [6.45, 7) is 3.66. The summed E-state index contributed by atoms with van der Waals surface area (Å²) in [7, 11) is 1.53. The van der Waals surface area contributed by atoms with Crippen LogP contribution < -0.4 is 15.6 Å². The molecule has 0 saturated carbocycles. The van der Waals surface area contributed by atoms with Crippen molar-refractivity contribution >= 4 is 11.6 Å². The monoisotopic (exact) mass is 389 g/mol. The molecule has 0 saturated heterocycles. The molecule has 0 amide bonds. The Labute approximate surface area is 159 Å². The molecule has 0 unspecified atom stereocenters. The standard InChI is InChI=1S/C20H18F3N3O2/c1-11-4-16(28-3)8-18(12(11)2)24-20-25-19(27)17(23)10-26(20)9-13-5-14(21)7-15(22)6-13/h4-8,10H,9H2,1-3H3,(H,24,25,27). The van der Waals surface area contributed by atoms with Crippen molar-refractivity contribution in [1.82, 2.24) is 9.55 Å². The van der Waals surface area contributed by atoms with Crippen LogP contribution in [0.4, 0.5) is 24.8 Å². The van der Waals surface area contributed by atoms with Crippen LogP contribution in [0.2, 0.25) is 0 Å². The smallest absolute Gasteiger partial charge is 0.310 e. The maximum atomic E-state index is 13.8. The van der Waals surface area contributed by atoms with Gasteiger partial charge in [-0.3, -0.25) is 4.79 Å². The van der Waals surface area contributed by atoms with Crippen molar-refractivity contribution in [1.29, 1.82) is 0 Å². The Kier molecular flexibility index (Phi) is 5.39. The number of ether oxygens (including phenoxy) is 1. The Morgan fingerprint density at radius 3 is 2.39 bits per heavy atom. The maximum absolute atomic E-state index is 13.8. The van der Waals surface area contributed by atoms with E-state index in [4.69, 9.17) is 4.74 Å². The Balaban J connectivity index is 2.05. The topological polar surface area (TPSA) is 56.1 Å². The summed E-state index contributed by atoms with van der Waals surface area (Å²) in [6.07, 6.45) is 0.947. The molecule has 2 aromatic carbocycles. The number of benzene rings is 2. The fourth-order valence-electron chi connectivity index (χ4n) is 2.78. The predicted molar refractivity (Wildman–Crippen MR) is 99.7 cm³/mol. The molecule has 1 N–H and O–H groups in total. The Morgan fingerprint density at radius 1 is 1.07 bits per heavy atom. The summed E-state index contributed by atoms with van der Waals surface area (Å²) in [5.74, 6) is -1.95. The van der Waals surface area contributed by atoms with Crippen LogP contribution >= 0.6 is 0 Å². The van der Waals surface area contributed by atoms with Gasteiger partial charge in [-0.05, 0) is 48.7 Å². The van der Waals surface area contributed by atoms with Gasteiger partial charge in [0.2, 0.25) is 11.8 Å². The van der Waals surface area contributed by atoms with E-state index in [0.29, 0.717) is 11.4 Å². The van der Waals surface area contributed by atoms with Gasteiger partial charge in [-0.15, -0.1) is 0 Å². The van der Waals surface area contributed by atoms with Crippen LogP contribution in [0, 0.1) is 31.3 Å². The second-order valence-corrected chi connectivity index (χ2v) is 6.37. The second-order valence-electron chi connectivity index (χ2n) is 6.37. The van der Waals surface area contributed by atoms with Crippen molar-refractivity contribution in [2.24, 2.45) is 0 Å². The highest BCUT2D eigenvalue weighted by Gasteiger charge is 2.13. The molecule has 3 aromatic rings. The van der Waals surface area contributed by atoms with Gasteiger partial charge in [0, 0.05) is 24.0 Å². The summed E-state index contributed by atoms with van der Waals surface area (Å²) in [5, 5.41) is 2.99. The maximum Gasteiger partial charge on any atom is 0.310 e. The number of nitrogens with one attached hydrogen (secondary N) is 1. The van der Waals surface area contributed by atoms with Gasteiger partial charge < -0.3 is 14.6 Å². The molecule has 28 heavy (non-hydrogen) atoms. The van der Waals surface area contributed by atoms with E-state index in [2.05, 4.69) is 10.3 Å². The normalized spacial score (nSPS) is 10.8. The lowest BCUT2D eigenvalue weighted by Crippen LogP contribution is -2.20. The van der Waals surface area contributed by atoms with E-state index >= 15 is 0 Å². The third-order valence-corrected chi connectivity index (χ3v) is 4.35. The van der Waals surface area contributed by atoms with Crippen molar-refractivity contribution in [3.63, 3.8) is 0 Å². The van der Waals surface area contributed by atoms with E-state index in [1.54, 1.807) is 6.07 Å². The quantitative estimate of drug-likeness (QED) is 0.715. The van der Waals surface area contributed by atoms with Crippen LogP contribution in [0.1, 0.15) is 16.7 Å². The Bertz CT molecular complexity index is 1080. The molecular formula is C20H18F3N3O2. The zero-order valence-corrected chi connectivity index (χ0v) is 15.5. The van der Waals surface area contributed by atoms with Gasteiger partial charge in [0.15, 0.2) is 0 Å². The molecule has 1 heterocycles. The molecule has 0 radical (unpaired) electrons. The van der Waals surface area contributed by atoms with Gasteiger partial charge in [-0.2, -0.15) is 9.37 Å². The zero-order chi connectivity index (χ0) is 20.4. The first-order valence-electron chi connectivity index (χ1n) is 8.41. The highest BCUT2D eigenvalue weighted by Crippen LogP contribution is 2.28. The molecule has 0 spiro atoms.